The van der Waals surface area contributed by atoms with Gasteiger partial charge in [0.1, 0.15) is 5.82 Å². The van der Waals surface area contributed by atoms with Gasteiger partial charge in [0.05, 0.1) is 12.1 Å². The molecule has 1 heterocycles. The molecule has 0 spiro atoms. The molecular weight excluding hydrogens is 390 g/mol. The van der Waals surface area contributed by atoms with Gasteiger partial charge in [-0.05, 0) is 41.8 Å². The maximum Gasteiger partial charge on any atom is 0.148 e. The van der Waals surface area contributed by atoms with Crippen molar-refractivity contribution in [2.75, 3.05) is 11.9 Å². The van der Waals surface area contributed by atoms with E-state index in [0.717, 1.165) is 28.1 Å². The molecule has 1 aromatic heterocycles. The number of nitrogens with zero attached hydrogens (tertiary/aromatic N) is 3. The lowest BCUT2D eigenvalue weighted by atomic mass is 9.97. The highest BCUT2D eigenvalue weighted by Crippen LogP contribution is 2.35. The Hall–Kier alpha value is -3.98. The van der Waals surface area contributed by atoms with Crippen LogP contribution in [-0.2, 0) is 6.54 Å². The summed E-state index contributed by atoms with van der Waals surface area (Å²) in [6.45, 7) is 2.69. The van der Waals surface area contributed by atoms with Crippen LogP contribution in [-0.4, -0.2) is 17.0 Å². The van der Waals surface area contributed by atoms with Gasteiger partial charge in [-0.3, -0.25) is 0 Å². The highest BCUT2D eigenvalue weighted by molar-refractivity contribution is 5.84. The Bertz CT molecular complexity index is 1360. The third-order valence-electron chi connectivity index (χ3n) is 5.82. The molecule has 0 unspecified atom stereocenters. The lowest BCUT2D eigenvalue weighted by Crippen LogP contribution is -2.19. The molecule has 0 amide bonds. The average molecular weight is 416 g/mol. The molecule has 0 saturated carbocycles. The Morgan fingerprint density at radius 2 is 1.31 bits per heavy atom. The molecule has 0 N–H and O–H groups in total. The first kappa shape index (κ1) is 20.0. The van der Waals surface area contributed by atoms with Crippen molar-refractivity contribution in [2.45, 2.75) is 13.5 Å². The van der Waals surface area contributed by atoms with E-state index in [2.05, 4.69) is 110 Å². The molecule has 0 aliphatic carbocycles. The standard InChI is InChI=1S/C29H25N3/c1-21-25-15-9-10-16-27(25)31-29(30-21)20-32(2)28-18-17-24(22-11-5-3-6-12-22)19-26(28)23-13-7-4-8-14-23/h3-19H,20H2,1-2H3. The molecule has 0 bridgehead atoms. The van der Waals surface area contributed by atoms with Gasteiger partial charge >= 0.3 is 0 Å². The lowest BCUT2D eigenvalue weighted by molar-refractivity contribution is 0.840. The van der Waals surface area contributed by atoms with Crippen molar-refractivity contribution >= 4 is 16.6 Å². The molecule has 5 rings (SSSR count). The molecule has 3 heteroatoms. The fourth-order valence-corrected chi connectivity index (χ4v) is 4.19. The van der Waals surface area contributed by atoms with Gasteiger partial charge in [0.15, 0.2) is 0 Å². The third-order valence-corrected chi connectivity index (χ3v) is 5.82. The zero-order chi connectivity index (χ0) is 21.9. The Morgan fingerprint density at radius 3 is 2.06 bits per heavy atom. The predicted octanol–water partition coefficient (Wildman–Crippen LogP) is 6.91. The van der Waals surface area contributed by atoms with Crippen LogP contribution in [0.15, 0.2) is 103 Å². The number of rotatable bonds is 5. The molecule has 0 radical (unpaired) electrons. The van der Waals surface area contributed by atoms with Crippen molar-refractivity contribution < 1.29 is 0 Å². The van der Waals surface area contributed by atoms with E-state index in [1.165, 1.54) is 22.3 Å². The molecule has 0 aliphatic heterocycles. The number of anilines is 1. The highest BCUT2D eigenvalue weighted by atomic mass is 15.1. The second kappa shape index (κ2) is 8.64. The van der Waals surface area contributed by atoms with Crippen LogP contribution in [0, 0.1) is 6.92 Å². The summed E-state index contributed by atoms with van der Waals surface area (Å²) in [4.78, 5) is 11.8. The van der Waals surface area contributed by atoms with Crippen LogP contribution < -0.4 is 4.90 Å². The fraction of sp³-hybridized carbons (Fsp3) is 0.103. The van der Waals surface area contributed by atoms with E-state index in [1.807, 2.05) is 12.1 Å². The first-order valence-electron chi connectivity index (χ1n) is 10.9. The van der Waals surface area contributed by atoms with Gasteiger partial charge in [0.2, 0.25) is 0 Å². The van der Waals surface area contributed by atoms with Crippen LogP contribution in [0.2, 0.25) is 0 Å². The van der Waals surface area contributed by atoms with Crippen LogP contribution in [0.5, 0.6) is 0 Å². The number of benzene rings is 4. The Kier molecular flexibility index (Phi) is 5.39. The van der Waals surface area contributed by atoms with E-state index in [4.69, 9.17) is 9.97 Å². The van der Waals surface area contributed by atoms with E-state index < -0.39 is 0 Å². The van der Waals surface area contributed by atoms with E-state index in [0.29, 0.717) is 6.54 Å². The number of hydrogen-bond donors (Lipinski definition) is 0. The van der Waals surface area contributed by atoms with Crippen molar-refractivity contribution in [3.8, 4) is 22.3 Å². The van der Waals surface area contributed by atoms with Gasteiger partial charge in [0.25, 0.3) is 0 Å². The summed E-state index contributed by atoms with van der Waals surface area (Å²) in [5, 5.41) is 1.11. The van der Waals surface area contributed by atoms with Crippen LogP contribution in [0.4, 0.5) is 5.69 Å². The molecule has 5 aromatic rings. The van der Waals surface area contributed by atoms with E-state index in [1.54, 1.807) is 0 Å². The largest absolute Gasteiger partial charge is 0.367 e. The van der Waals surface area contributed by atoms with Crippen LogP contribution in [0.1, 0.15) is 11.5 Å². The molecule has 0 fully saturated rings. The van der Waals surface area contributed by atoms with Crippen molar-refractivity contribution in [2.24, 2.45) is 0 Å². The number of hydrogen-bond acceptors (Lipinski definition) is 3. The van der Waals surface area contributed by atoms with Crippen molar-refractivity contribution in [1.82, 2.24) is 9.97 Å². The molecule has 0 saturated heterocycles. The molecule has 0 aliphatic rings. The van der Waals surface area contributed by atoms with E-state index in [9.17, 15) is 0 Å². The molecule has 4 aromatic carbocycles. The van der Waals surface area contributed by atoms with Gasteiger partial charge < -0.3 is 4.90 Å². The predicted molar refractivity (Wildman–Crippen MR) is 134 cm³/mol. The average Bonchev–Trinajstić information content (AvgIpc) is 2.85. The van der Waals surface area contributed by atoms with Gasteiger partial charge in [-0.25, -0.2) is 9.97 Å². The monoisotopic (exact) mass is 415 g/mol. The zero-order valence-corrected chi connectivity index (χ0v) is 18.4. The van der Waals surface area contributed by atoms with Crippen molar-refractivity contribution in [3.63, 3.8) is 0 Å². The summed E-state index contributed by atoms with van der Waals surface area (Å²) in [5.41, 5.74) is 7.99. The SMILES string of the molecule is Cc1nc(CN(C)c2ccc(-c3ccccc3)cc2-c2ccccc2)nc2ccccc12. The number of aryl methyl sites for hydroxylation is 1. The molecule has 0 atom stereocenters. The van der Waals surface area contributed by atoms with Crippen molar-refractivity contribution in [1.29, 1.82) is 0 Å². The molecule has 3 nitrogen and oxygen atoms in total. The second-order valence-electron chi connectivity index (χ2n) is 8.06. The minimum absolute atomic E-state index is 0.635. The van der Waals surface area contributed by atoms with Crippen LogP contribution >= 0.6 is 0 Å². The maximum absolute atomic E-state index is 4.82. The normalized spacial score (nSPS) is 10.9. The van der Waals surface area contributed by atoms with Crippen LogP contribution in [0.25, 0.3) is 33.2 Å². The van der Waals surface area contributed by atoms with Gasteiger partial charge in [0, 0.05) is 29.4 Å². The summed E-state index contributed by atoms with van der Waals surface area (Å²) >= 11 is 0. The number of fused-ring (bicyclic) bond motifs is 1. The smallest absolute Gasteiger partial charge is 0.148 e. The quantitative estimate of drug-likeness (QED) is 0.312. The lowest BCUT2D eigenvalue weighted by Gasteiger charge is -2.23. The minimum atomic E-state index is 0.635. The van der Waals surface area contributed by atoms with Crippen LogP contribution in [0.3, 0.4) is 0 Å². The Labute approximate surface area is 189 Å². The number of para-hydroxylation sites is 1. The van der Waals surface area contributed by atoms with E-state index in [-0.39, 0.29) is 0 Å². The van der Waals surface area contributed by atoms with Gasteiger partial charge in [-0.2, -0.15) is 0 Å². The zero-order valence-electron chi connectivity index (χ0n) is 18.4. The topological polar surface area (TPSA) is 29.0 Å². The summed E-state index contributed by atoms with van der Waals surface area (Å²) in [5.74, 6) is 0.829. The Morgan fingerprint density at radius 1 is 0.656 bits per heavy atom. The minimum Gasteiger partial charge on any atom is -0.367 e. The van der Waals surface area contributed by atoms with Gasteiger partial charge in [-0.15, -0.1) is 0 Å². The molecule has 156 valence electrons. The Balaban J connectivity index is 1.55. The summed E-state index contributed by atoms with van der Waals surface area (Å²) in [7, 11) is 2.11. The summed E-state index contributed by atoms with van der Waals surface area (Å²) < 4.78 is 0. The fourth-order valence-electron chi connectivity index (χ4n) is 4.19. The van der Waals surface area contributed by atoms with Gasteiger partial charge in [-0.1, -0.05) is 84.9 Å². The first-order chi connectivity index (χ1) is 15.7. The third kappa shape index (κ3) is 3.97. The first-order valence-corrected chi connectivity index (χ1v) is 10.9. The summed E-state index contributed by atoms with van der Waals surface area (Å²) in [6.07, 6.45) is 0. The molecule has 32 heavy (non-hydrogen) atoms. The highest BCUT2D eigenvalue weighted by Gasteiger charge is 2.14. The van der Waals surface area contributed by atoms with Crippen molar-refractivity contribution in [3.05, 3.63) is 115 Å². The summed E-state index contributed by atoms with van der Waals surface area (Å²) in [6, 6.07) is 35.9. The molecular formula is C29H25N3. The van der Waals surface area contributed by atoms with E-state index >= 15 is 0 Å². The maximum atomic E-state index is 4.82. The number of aromatic nitrogens is 2. The second-order valence-corrected chi connectivity index (χ2v) is 8.06.